The summed E-state index contributed by atoms with van der Waals surface area (Å²) in [6.07, 6.45) is 1.95. The van der Waals surface area contributed by atoms with Crippen LogP contribution < -0.4 is 10.2 Å². The molecule has 19 heavy (non-hydrogen) atoms. The second kappa shape index (κ2) is 7.94. The third kappa shape index (κ3) is 4.67. The highest BCUT2D eigenvalue weighted by Gasteiger charge is 2.14. The van der Waals surface area contributed by atoms with Crippen molar-refractivity contribution in [3.05, 3.63) is 11.9 Å². The summed E-state index contributed by atoms with van der Waals surface area (Å²) in [6, 6.07) is 2.37. The van der Waals surface area contributed by atoms with Gasteiger partial charge in [-0.1, -0.05) is 6.92 Å². The molecule has 0 bridgehead atoms. The Bertz CT molecular complexity index is 382. The van der Waals surface area contributed by atoms with Crippen LogP contribution in [0.25, 0.3) is 0 Å². The number of nitrogens with one attached hydrogen (secondary N) is 1. The fourth-order valence-electron chi connectivity index (χ4n) is 1.92. The number of nitrogens with zero attached hydrogens (tertiary/aromatic N) is 3. The number of hydrogen-bond donors (Lipinski definition) is 1. The molecule has 0 aliphatic carbocycles. The van der Waals surface area contributed by atoms with Crippen molar-refractivity contribution in [2.75, 3.05) is 37.5 Å². The molecule has 0 aliphatic heterocycles. The van der Waals surface area contributed by atoms with E-state index in [-0.39, 0.29) is 0 Å². The molecule has 1 rings (SSSR count). The quantitative estimate of drug-likeness (QED) is 0.782. The molecule has 0 saturated carbocycles. The van der Waals surface area contributed by atoms with Gasteiger partial charge in [-0.15, -0.1) is 0 Å². The first-order valence-corrected chi connectivity index (χ1v) is 6.93. The number of methoxy groups -OCH3 is 1. The maximum absolute atomic E-state index is 5.18. The van der Waals surface area contributed by atoms with E-state index in [1.54, 1.807) is 7.11 Å². The second-order valence-electron chi connectivity index (χ2n) is 4.81. The van der Waals surface area contributed by atoms with Gasteiger partial charge in [0.15, 0.2) is 0 Å². The minimum Gasteiger partial charge on any atom is -0.383 e. The molecule has 1 aromatic rings. The van der Waals surface area contributed by atoms with E-state index in [1.165, 1.54) is 0 Å². The molecule has 0 amide bonds. The summed E-state index contributed by atoms with van der Waals surface area (Å²) >= 11 is 0. The predicted molar refractivity (Wildman–Crippen MR) is 79.9 cm³/mol. The van der Waals surface area contributed by atoms with Crippen LogP contribution in [0.3, 0.4) is 0 Å². The largest absolute Gasteiger partial charge is 0.383 e. The smallest absolute Gasteiger partial charge is 0.134 e. The standard InChI is InChI=1S/C14H26N4O/c1-6-7-12-16-13(15-4)10-14(17-12)18(11(2)3)8-9-19-5/h10-11H,6-9H2,1-5H3,(H,15,16,17). The molecule has 0 spiro atoms. The number of aryl methyl sites for hydroxylation is 1. The summed E-state index contributed by atoms with van der Waals surface area (Å²) in [5.41, 5.74) is 0. The normalized spacial score (nSPS) is 10.8. The van der Waals surface area contributed by atoms with Crippen molar-refractivity contribution < 1.29 is 4.74 Å². The van der Waals surface area contributed by atoms with E-state index in [9.17, 15) is 0 Å². The van der Waals surface area contributed by atoms with Gasteiger partial charge in [-0.3, -0.25) is 0 Å². The Morgan fingerprint density at radius 3 is 2.63 bits per heavy atom. The first kappa shape index (κ1) is 15.7. The van der Waals surface area contributed by atoms with Crippen LogP contribution in [0.5, 0.6) is 0 Å². The molecular weight excluding hydrogens is 240 g/mol. The van der Waals surface area contributed by atoms with Gasteiger partial charge < -0.3 is 15.0 Å². The summed E-state index contributed by atoms with van der Waals surface area (Å²) in [5, 5.41) is 3.11. The van der Waals surface area contributed by atoms with E-state index >= 15 is 0 Å². The summed E-state index contributed by atoms with van der Waals surface area (Å²) in [5.74, 6) is 2.73. The third-order valence-electron chi connectivity index (χ3n) is 2.94. The van der Waals surface area contributed by atoms with Crippen molar-refractivity contribution in [1.29, 1.82) is 0 Å². The third-order valence-corrected chi connectivity index (χ3v) is 2.94. The highest BCUT2D eigenvalue weighted by Crippen LogP contribution is 2.18. The van der Waals surface area contributed by atoms with Crippen LogP contribution in [0, 0.1) is 0 Å². The van der Waals surface area contributed by atoms with E-state index in [1.807, 2.05) is 13.1 Å². The predicted octanol–water partition coefficient (Wildman–Crippen LogP) is 2.33. The first-order valence-electron chi connectivity index (χ1n) is 6.93. The van der Waals surface area contributed by atoms with Crippen LogP contribution in [0.1, 0.15) is 33.0 Å². The van der Waals surface area contributed by atoms with Gasteiger partial charge >= 0.3 is 0 Å². The zero-order valence-corrected chi connectivity index (χ0v) is 12.7. The van der Waals surface area contributed by atoms with E-state index in [0.29, 0.717) is 12.6 Å². The lowest BCUT2D eigenvalue weighted by Crippen LogP contribution is -2.34. The van der Waals surface area contributed by atoms with Gasteiger partial charge in [-0.05, 0) is 20.3 Å². The molecule has 0 unspecified atom stereocenters. The van der Waals surface area contributed by atoms with Crippen molar-refractivity contribution in [3.8, 4) is 0 Å². The number of rotatable bonds is 8. The van der Waals surface area contributed by atoms with Gasteiger partial charge in [0.1, 0.15) is 17.5 Å². The Labute approximate surface area is 116 Å². The lowest BCUT2D eigenvalue weighted by molar-refractivity contribution is 0.203. The van der Waals surface area contributed by atoms with Crippen molar-refractivity contribution in [2.24, 2.45) is 0 Å². The topological polar surface area (TPSA) is 50.3 Å². The van der Waals surface area contributed by atoms with Gasteiger partial charge in [0, 0.05) is 39.2 Å². The van der Waals surface area contributed by atoms with E-state index in [4.69, 9.17) is 4.74 Å². The van der Waals surface area contributed by atoms with E-state index in [2.05, 4.69) is 41.0 Å². The van der Waals surface area contributed by atoms with Crippen LogP contribution in [0.4, 0.5) is 11.6 Å². The molecule has 0 saturated heterocycles. The Morgan fingerprint density at radius 2 is 2.11 bits per heavy atom. The average Bonchev–Trinajstić information content (AvgIpc) is 2.39. The Morgan fingerprint density at radius 1 is 1.37 bits per heavy atom. The van der Waals surface area contributed by atoms with Gasteiger partial charge in [0.2, 0.25) is 0 Å². The number of hydrogen-bond acceptors (Lipinski definition) is 5. The van der Waals surface area contributed by atoms with Crippen molar-refractivity contribution >= 4 is 11.6 Å². The monoisotopic (exact) mass is 266 g/mol. The van der Waals surface area contributed by atoms with Crippen LogP contribution in [-0.2, 0) is 11.2 Å². The number of aromatic nitrogens is 2. The molecule has 0 radical (unpaired) electrons. The summed E-state index contributed by atoms with van der Waals surface area (Å²) in [6.45, 7) is 7.99. The highest BCUT2D eigenvalue weighted by atomic mass is 16.5. The molecule has 108 valence electrons. The molecule has 5 heteroatoms. The maximum atomic E-state index is 5.18. The van der Waals surface area contributed by atoms with Crippen LogP contribution >= 0.6 is 0 Å². The fourth-order valence-corrected chi connectivity index (χ4v) is 1.92. The zero-order chi connectivity index (χ0) is 14.3. The molecule has 0 aliphatic rings. The van der Waals surface area contributed by atoms with Gasteiger partial charge in [0.05, 0.1) is 6.61 Å². The Hall–Kier alpha value is -1.36. The molecule has 0 aromatic carbocycles. The van der Waals surface area contributed by atoms with Crippen LogP contribution in [-0.4, -0.2) is 43.3 Å². The lowest BCUT2D eigenvalue weighted by atomic mass is 10.3. The second-order valence-corrected chi connectivity index (χ2v) is 4.81. The van der Waals surface area contributed by atoms with Gasteiger partial charge in [0.25, 0.3) is 0 Å². The summed E-state index contributed by atoms with van der Waals surface area (Å²) < 4.78 is 5.18. The number of anilines is 2. The highest BCUT2D eigenvalue weighted by molar-refractivity contribution is 5.49. The average molecular weight is 266 g/mol. The minimum absolute atomic E-state index is 0.379. The number of ether oxygens (including phenoxy) is 1. The molecule has 1 aromatic heterocycles. The Balaban J connectivity index is 3.02. The van der Waals surface area contributed by atoms with E-state index < -0.39 is 0 Å². The van der Waals surface area contributed by atoms with E-state index in [0.717, 1.165) is 36.8 Å². The lowest BCUT2D eigenvalue weighted by Gasteiger charge is -2.28. The zero-order valence-electron chi connectivity index (χ0n) is 12.7. The fraction of sp³-hybridized carbons (Fsp3) is 0.714. The Kier molecular flexibility index (Phi) is 6.56. The molecule has 1 N–H and O–H groups in total. The molecule has 0 fully saturated rings. The van der Waals surface area contributed by atoms with Gasteiger partial charge in [-0.25, -0.2) is 9.97 Å². The van der Waals surface area contributed by atoms with Crippen molar-refractivity contribution in [1.82, 2.24) is 9.97 Å². The summed E-state index contributed by atoms with van der Waals surface area (Å²) in [7, 11) is 3.61. The van der Waals surface area contributed by atoms with Crippen LogP contribution in [0.2, 0.25) is 0 Å². The summed E-state index contributed by atoms with van der Waals surface area (Å²) in [4.78, 5) is 11.4. The SMILES string of the molecule is CCCc1nc(NC)cc(N(CCOC)C(C)C)n1. The maximum Gasteiger partial charge on any atom is 0.134 e. The first-order chi connectivity index (χ1) is 9.12. The molecule has 1 heterocycles. The van der Waals surface area contributed by atoms with Crippen molar-refractivity contribution in [2.45, 2.75) is 39.7 Å². The molecule has 0 atom stereocenters. The van der Waals surface area contributed by atoms with Crippen LogP contribution in [0.15, 0.2) is 6.07 Å². The van der Waals surface area contributed by atoms with Gasteiger partial charge in [-0.2, -0.15) is 0 Å². The molecule has 5 nitrogen and oxygen atoms in total. The molecular formula is C14H26N4O. The minimum atomic E-state index is 0.379. The van der Waals surface area contributed by atoms with Crippen molar-refractivity contribution in [3.63, 3.8) is 0 Å².